The Balaban J connectivity index is 1.66. The first kappa shape index (κ1) is 14.4. The Morgan fingerprint density at radius 3 is 2.58 bits per heavy atom. The van der Waals surface area contributed by atoms with Gasteiger partial charge in [-0.15, -0.1) is 0 Å². The summed E-state index contributed by atoms with van der Waals surface area (Å²) in [6, 6.07) is 17.5. The van der Waals surface area contributed by atoms with Crippen molar-refractivity contribution < 1.29 is 0 Å². The van der Waals surface area contributed by atoms with E-state index in [4.69, 9.17) is 0 Å². The van der Waals surface area contributed by atoms with E-state index in [1.807, 2.05) is 0 Å². The van der Waals surface area contributed by atoms with Gasteiger partial charge in [-0.05, 0) is 41.5 Å². The maximum Gasteiger partial charge on any atom is 0.0459 e. The number of H-pyrrole nitrogens is 2. The molecular weight excluding hydrogens is 316 g/mol. The molecule has 6 rings (SSSR count). The molecule has 2 heterocycles. The predicted octanol–water partition coefficient (Wildman–Crippen LogP) is 6.09. The first-order chi connectivity index (χ1) is 12.8. The van der Waals surface area contributed by atoms with Gasteiger partial charge in [-0.1, -0.05) is 55.5 Å². The number of benzene rings is 2. The Hall–Kier alpha value is -2.74. The molecule has 0 saturated carbocycles. The monoisotopic (exact) mass is 338 g/mol. The maximum atomic E-state index is 3.81. The summed E-state index contributed by atoms with van der Waals surface area (Å²) in [7, 11) is 0. The van der Waals surface area contributed by atoms with Crippen molar-refractivity contribution in [2.75, 3.05) is 0 Å². The van der Waals surface area contributed by atoms with Crippen LogP contribution in [0.25, 0.3) is 21.8 Å². The first-order valence-corrected chi connectivity index (χ1v) is 9.66. The summed E-state index contributed by atoms with van der Waals surface area (Å²) in [6.45, 7) is 2.43. The number of fused-ring (bicyclic) bond motifs is 6. The number of aromatic amines is 2. The normalized spacial score (nSPS) is 27.1. The summed E-state index contributed by atoms with van der Waals surface area (Å²) >= 11 is 0. The van der Waals surface area contributed by atoms with Crippen LogP contribution < -0.4 is 0 Å². The number of rotatable bonds is 1. The molecule has 2 aliphatic rings. The van der Waals surface area contributed by atoms with E-state index in [9.17, 15) is 0 Å². The highest BCUT2D eigenvalue weighted by atomic mass is 14.8. The molecule has 2 aliphatic carbocycles. The quantitative estimate of drug-likeness (QED) is 0.394. The van der Waals surface area contributed by atoms with E-state index in [2.05, 4.69) is 83.8 Å². The molecule has 26 heavy (non-hydrogen) atoms. The van der Waals surface area contributed by atoms with Crippen LogP contribution in [0.5, 0.6) is 0 Å². The van der Waals surface area contributed by atoms with Crippen LogP contribution in [0.3, 0.4) is 0 Å². The van der Waals surface area contributed by atoms with Crippen LogP contribution in [0.15, 0.2) is 66.9 Å². The molecule has 2 heteroatoms. The molecule has 0 radical (unpaired) electrons. The van der Waals surface area contributed by atoms with E-state index in [1.54, 1.807) is 0 Å². The van der Waals surface area contributed by atoms with E-state index >= 15 is 0 Å². The van der Waals surface area contributed by atoms with Crippen molar-refractivity contribution >= 4 is 21.8 Å². The minimum Gasteiger partial charge on any atom is -0.361 e. The average molecular weight is 338 g/mol. The summed E-state index contributed by atoms with van der Waals surface area (Å²) in [5, 5.41) is 2.77. The van der Waals surface area contributed by atoms with Gasteiger partial charge in [0.15, 0.2) is 0 Å². The van der Waals surface area contributed by atoms with Crippen molar-refractivity contribution in [2.45, 2.75) is 25.2 Å². The molecule has 2 nitrogen and oxygen atoms in total. The standard InChI is InChI=1S/C24H22N2/c1-14-7-6-10-17-21(14)23(18-13-25-19-11-4-2-8-15(18)19)24-22(17)16-9-3-5-12-20(16)26-24/h2-6,8-14,17,21,23,25-26H,7H2,1H3/t14-,17+,21-,23+/m1/s1. The van der Waals surface area contributed by atoms with Gasteiger partial charge in [0.1, 0.15) is 0 Å². The van der Waals surface area contributed by atoms with E-state index in [-0.39, 0.29) is 0 Å². The fraction of sp³-hybridized carbons (Fsp3) is 0.250. The second-order valence-corrected chi connectivity index (χ2v) is 8.01. The molecular formula is C24H22N2. The lowest BCUT2D eigenvalue weighted by atomic mass is 9.71. The van der Waals surface area contributed by atoms with Crippen LogP contribution in [0.4, 0.5) is 0 Å². The second kappa shape index (κ2) is 5.14. The van der Waals surface area contributed by atoms with Crippen molar-refractivity contribution in [3.8, 4) is 0 Å². The van der Waals surface area contributed by atoms with Crippen molar-refractivity contribution in [2.24, 2.45) is 11.8 Å². The summed E-state index contributed by atoms with van der Waals surface area (Å²) in [5.41, 5.74) is 6.92. The van der Waals surface area contributed by atoms with Gasteiger partial charge in [-0.25, -0.2) is 0 Å². The molecule has 0 bridgehead atoms. The lowest BCUT2D eigenvalue weighted by Crippen LogP contribution is -2.23. The molecule has 2 aromatic heterocycles. The van der Waals surface area contributed by atoms with Gasteiger partial charge in [-0.3, -0.25) is 0 Å². The zero-order valence-electron chi connectivity index (χ0n) is 14.9. The van der Waals surface area contributed by atoms with Crippen LogP contribution in [-0.4, -0.2) is 9.97 Å². The third-order valence-corrected chi connectivity index (χ3v) is 6.69. The van der Waals surface area contributed by atoms with Crippen LogP contribution in [-0.2, 0) is 0 Å². The highest BCUT2D eigenvalue weighted by Gasteiger charge is 2.46. The Bertz CT molecular complexity index is 1160. The van der Waals surface area contributed by atoms with Gasteiger partial charge >= 0.3 is 0 Å². The lowest BCUT2D eigenvalue weighted by molar-refractivity contribution is 0.308. The highest BCUT2D eigenvalue weighted by molar-refractivity contribution is 5.89. The molecule has 4 atom stereocenters. The Morgan fingerprint density at radius 2 is 1.69 bits per heavy atom. The number of allylic oxidation sites excluding steroid dienone is 2. The molecule has 4 aromatic rings. The molecule has 2 N–H and O–H groups in total. The van der Waals surface area contributed by atoms with Crippen LogP contribution in [0.2, 0.25) is 0 Å². The summed E-state index contributed by atoms with van der Waals surface area (Å²) in [5.74, 6) is 2.26. The van der Waals surface area contributed by atoms with E-state index in [0.717, 1.165) is 0 Å². The Morgan fingerprint density at radius 1 is 0.923 bits per heavy atom. The fourth-order valence-electron chi connectivity index (χ4n) is 5.60. The third-order valence-electron chi connectivity index (χ3n) is 6.69. The van der Waals surface area contributed by atoms with Gasteiger partial charge in [0.2, 0.25) is 0 Å². The number of nitrogens with one attached hydrogen (secondary N) is 2. The summed E-state index contributed by atoms with van der Waals surface area (Å²) < 4.78 is 0. The number of hydrogen-bond acceptors (Lipinski definition) is 0. The van der Waals surface area contributed by atoms with Crippen molar-refractivity contribution in [3.63, 3.8) is 0 Å². The molecule has 0 amide bonds. The first-order valence-electron chi connectivity index (χ1n) is 9.66. The van der Waals surface area contributed by atoms with E-state index in [1.165, 1.54) is 45.0 Å². The third kappa shape index (κ3) is 1.77. The molecule has 128 valence electrons. The van der Waals surface area contributed by atoms with Crippen molar-refractivity contribution in [1.82, 2.24) is 9.97 Å². The minimum absolute atomic E-state index is 0.429. The molecule has 0 aliphatic heterocycles. The summed E-state index contributed by atoms with van der Waals surface area (Å²) in [6.07, 6.45) is 8.30. The predicted molar refractivity (Wildman–Crippen MR) is 108 cm³/mol. The number of aromatic nitrogens is 2. The second-order valence-electron chi connectivity index (χ2n) is 8.01. The zero-order chi connectivity index (χ0) is 17.3. The van der Waals surface area contributed by atoms with Gasteiger partial charge in [0, 0.05) is 45.5 Å². The van der Waals surface area contributed by atoms with Crippen LogP contribution in [0, 0.1) is 11.8 Å². The zero-order valence-corrected chi connectivity index (χ0v) is 14.9. The SMILES string of the molecule is C[C@@H]1CC=C[C@@H]2c3c([nH]c4ccccc34)[C@@H](c3c[nH]c4ccccc34)[C@H]12. The minimum atomic E-state index is 0.429. The van der Waals surface area contributed by atoms with E-state index in [0.29, 0.717) is 23.7 Å². The van der Waals surface area contributed by atoms with Gasteiger partial charge in [0.25, 0.3) is 0 Å². The van der Waals surface area contributed by atoms with Crippen molar-refractivity contribution in [1.29, 1.82) is 0 Å². The van der Waals surface area contributed by atoms with Crippen LogP contribution >= 0.6 is 0 Å². The van der Waals surface area contributed by atoms with Gasteiger partial charge in [0.05, 0.1) is 0 Å². The Kier molecular flexibility index (Phi) is 2.85. The molecule has 0 unspecified atom stereocenters. The number of hydrogen-bond donors (Lipinski definition) is 2. The van der Waals surface area contributed by atoms with Gasteiger partial charge < -0.3 is 9.97 Å². The largest absolute Gasteiger partial charge is 0.361 e. The summed E-state index contributed by atoms with van der Waals surface area (Å²) in [4.78, 5) is 7.32. The van der Waals surface area contributed by atoms with Crippen LogP contribution in [0.1, 0.15) is 42.0 Å². The highest BCUT2D eigenvalue weighted by Crippen LogP contribution is 2.58. The lowest BCUT2D eigenvalue weighted by Gasteiger charge is -2.32. The van der Waals surface area contributed by atoms with Crippen molar-refractivity contribution in [3.05, 3.63) is 83.7 Å². The topological polar surface area (TPSA) is 31.6 Å². The molecule has 0 spiro atoms. The maximum absolute atomic E-state index is 3.81. The smallest absolute Gasteiger partial charge is 0.0459 e. The van der Waals surface area contributed by atoms with E-state index < -0.39 is 0 Å². The average Bonchev–Trinajstić information content (AvgIpc) is 3.33. The molecule has 0 fully saturated rings. The van der Waals surface area contributed by atoms with Gasteiger partial charge in [-0.2, -0.15) is 0 Å². The Labute approximate surface area is 152 Å². The number of para-hydroxylation sites is 2. The molecule has 0 saturated heterocycles. The fourth-order valence-corrected chi connectivity index (χ4v) is 5.60. The molecule has 2 aromatic carbocycles.